The number of nitrogens with one attached hydrogen (secondary N) is 2. The molecule has 2 heterocycles. The summed E-state index contributed by atoms with van der Waals surface area (Å²) in [5, 5.41) is 6.00. The van der Waals surface area contributed by atoms with Crippen LogP contribution in [0.1, 0.15) is 51.4 Å². The largest absolute Gasteiger partial charge is 0.344 e. The van der Waals surface area contributed by atoms with Crippen LogP contribution in [-0.2, 0) is 0 Å². The van der Waals surface area contributed by atoms with E-state index in [1.165, 1.54) is 34.1 Å². The first-order valence-corrected chi connectivity index (χ1v) is 11.7. The Hall–Kier alpha value is -3.64. The van der Waals surface area contributed by atoms with Crippen molar-refractivity contribution in [3.05, 3.63) is 56.5 Å². The Morgan fingerprint density at radius 2 is 1.00 bits per heavy atom. The van der Waals surface area contributed by atoms with E-state index < -0.39 is 11.8 Å². The number of rotatable bonds is 6. The molecule has 2 aromatic heterocycles. The van der Waals surface area contributed by atoms with Crippen molar-refractivity contribution in [3.8, 4) is 0 Å². The highest BCUT2D eigenvalue weighted by Gasteiger charge is 2.20. The minimum Gasteiger partial charge on any atom is -0.344 e. The minimum atomic E-state index is -0.410. The first-order valence-electron chi connectivity index (χ1n) is 10.1. The summed E-state index contributed by atoms with van der Waals surface area (Å²) >= 11 is 2.21. The van der Waals surface area contributed by atoms with Crippen molar-refractivity contribution in [1.29, 1.82) is 0 Å². The molecule has 0 radical (unpaired) electrons. The lowest BCUT2D eigenvalue weighted by molar-refractivity contribution is 0.0824. The highest BCUT2D eigenvalue weighted by atomic mass is 32.1. The number of carbonyl (C=O) groups excluding carboxylic acids is 4. The molecule has 0 aliphatic carbocycles. The average Bonchev–Trinajstić information content (AvgIpc) is 3.33. The normalized spacial score (nSPS) is 10.5. The van der Waals surface area contributed by atoms with E-state index in [-0.39, 0.29) is 11.8 Å². The molecule has 0 atom stereocenters. The summed E-state index contributed by atoms with van der Waals surface area (Å²) in [6.45, 7) is 3.42. The van der Waals surface area contributed by atoms with Crippen LogP contribution >= 0.6 is 22.7 Å². The van der Waals surface area contributed by atoms with E-state index in [0.29, 0.717) is 42.5 Å². The quantitative estimate of drug-likeness (QED) is 0.536. The molecule has 12 heteroatoms. The van der Waals surface area contributed by atoms with Gasteiger partial charge in [-0.15, -0.1) is 0 Å². The molecule has 0 saturated heterocycles. The van der Waals surface area contributed by atoms with Gasteiger partial charge in [0.25, 0.3) is 23.6 Å². The number of carbonyl (C=O) groups is 4. The summed E-state index contributed by atoms with van der Waals surface area (Å²) in [4.78, 5) is 61.8. The number of anilines is 2. The van der Waals surface area contributed by atoms with Crippen molar-refractivity contribution < 1.29 is 19.2 Å². The number of amides is 4. The number of aryl methyl sites for hydroxylation is 2. The van der Waals surface area contributed by atoms with E-state index in [4.69, 9.17) is 0 Å². The van der Waals surface area contributed by atoms with Crippen LogP contribution in [-0.4, -0.2) is 71.6 Å². The van der Waals surface area contributed by atoms with Gasteiger partial charge in [0.1, 0.15) is 9.75 Å². The molecule has 3 aromatic rings. The Morgan fingerprint density at radius 3 is 1.29 bits per heavy atom. The Balaban J connectivity index is 1.67. The van der Waals surface area contributed by atoms with Crippen LogP contribution in [0.2, 0.25) is 0 Å². The molecule has 0 unspecified atom stereocenters. The van der Waals surface area contributed by atoms with Gasteiger partial charge in [-0.05, 0) is 38.1 Å². The van der Waals surface area contributed by atoms with Crippen LogP contribution in [0.4, 0.5) is 10.3 Å². The number of benzene rings is 1. The highest BCUT2D eigenvalue weighted by Crippen LogP contribution is 2.25. The molecular weight excluding hydrogens is 476 g/mol. The van der Waals surface area contributed by atoms with Gasteiger partial charge < -0.3 is 9.80 Å². The fourth-order valence-corrected chi connectivity index (χ4v) is 4.78. The number of aromatic nitrogens is 2. The third kappa shape index (κ3) is 5.46. The molecule has 2 N–H and O–H groups in total. The van der Waals surface area contributed by atoms with Crippen LogP contribution < -0.4 is 10.6 Å². The molecule has 178 valence electrons. The highest BCUT2D eigenvalue weighted by molar-refractivity contribution is 7.18. The zero-order chi connectivity index (χ0) is 25.2. The summed E-state index contributed by atoms with van der Waals surface area (Å²) < 4.78 is 0. The molecular formula is C22H24N6O4S2. The SMILES string of the molecule is Cc1nc(NC(=O)c2ccc(C(=O)Nc3nc(C)c(C(=O)N(C)C)s3)cc2)sc1C(=O)N(C)C. The first-order chi connectivity index (χ1) is 16.0. The zero-order valence-corrected chi connectivity index (χ0v) is 21.2. The van der Waals surface area contributed by atoms with Crippen LogP contribution in [0.15, 0.2) is 24.3 Å². The lowest BCUT2D eigenvalue weighted by atomic mass is 10.1. The Labute approximate surface area is 204 Å². The second kappa shape index (κ2) is 10.1. The molecule has 34 heavy (non-hydrogen) atoms. The van der Waals surface area contributed by atoms with E-state index >= 15 is 0 Å². The summed E-state index contributed by atoms with van der Waals surface area (Å²) in [6.07, 6.45) is 0. The Morgan fingerprint density at radius 1 is 0.676 bits per heavy atom. The Kier molecular flexibility index (Phi) is 7.42. The standard InChI is InChI=1S/C22H24N6O4S2/c1-11-15(19(31)27(3)4)33-21(23-11)25-17(29)13-7-9-14(10-8-13)18(30)26-22-24-12(2)16(34-22)20(32)28(5)6/h7-10H,1-6H3,(H,23,25,29)(H,24,26,30). The Bertz CT molecular complexity index is 1160. The van der Waals surface area contributed by atoms with E-state index in [9.17, 15) is 19.2 Å². The lowest BCUT2D eigenvalue weighted by Gasteiger charge is -2.07. The van der Waals surface area contributed by atoms with Crippen molar-refractivity contribution in [1.82, 2.24) is 19.8 Å². The van der Waals surface area contributed by atoms with Gasteiger partial charge in [-0.25, -0.2) is 9.97 Å². The summed E-state index contributed by atoms with van der Waals surface area (Å²) in [7, 11) is 6.59. The van der Waals surface area contributed by atoms with Crippen LogP contribution in [0, 0.1) is 13.8 Å². The fourth-order valence-electron chi connectivity index (χ4n) is 2.81. The summed E-state index contributed by atoms with van der Waals surface area (Å²) in [6, 6.07) is 6.07. The van der Waals surface area contributed by atoms with Crippen LogP contribution in [0.25, 0.3) is 0 Å². The number of hydrogen-bond donors (Lipinski definition) is 2. The maximum atomic E-state index is 12.6. The van der Waals surface area contributed by atoms with E-state index in [0.717, 1.165) is 22.7 Å². The van der Waals surface area contributed by atoms with Crippen molar-refractivity contribution in [3.63, 3.8) is 0 Å². The molecule has 1 aromatic carbocycles. The predicted octanol–water partition coefficient (Wildman–Crippen LogP) is 3.12. The molecule has 0 bridgehead atoms. The average molecular weight is 501 g/mol. The summed E-state index contributed by atoms with van der Waals surface area (Å²) in [5.74, 6) is -1.18. The first kappa shape index (κ1) is 25.0. The summed E-state index contributed by atoms with van der Waals surface area (Å²) in [5.41, 5.74) is 1.74. The molecule has 0 aliphatic heterocycles. The second-order valence-corrected chi connectivity index (χ2v) is 9.75. The molecule has 0 aliphatic rings. The second-order valence-electron chi connectivity index (χ2n) is 7.75. The van der Waals surface area contributed by atoms with Gasteiger partial charge >= 0.3 is 0 Å². The molecule has 0 fully saturated rings. The molecule has 3 rings (SSSR count). The molecule has 0 spiro atoms. The molecule has 0 saturated carbocycles. The zero-order valence-electron chi connectivity index (χ0n) is 19.5. The predicted molar refractivity (Wildman–Crippen MR) is 132 cm³/mol. The number of nitrogens with zero attached hydrogens (tertiary/aromatic N) is 4. The van der Waals surface area contributed by atoms with Gasteiger partial charge in [-0.1, -0.05) is 22.7 Å². The molecule has 4 amide bonds. The van der Waals surface area contributed by atoms with Crippen molar-refractivity contribution in [2.24, 2.45) is 0 Å². The maximum Gasteiger partial charge on any atom is 0.265 e. The lowest BCUT2D eigenvalue weighted by Crippen LogP contribution is -2.21. The minimum absolute atomic E-state index is 0.181. The molecule has 10 nitrogen and oxygen atoms in total. The third-order valence-corrected chi connectivity index (χ3v) is 6.77. The van der Waals surface area contributed by atoms with Gasteiger partial charge in [-0.2, -0.15) is 0 Å². The smallest absolute Gasteiger partial charge is 0.265 e. The van der Waals surface area contributed by atoms with Crippen molar-refractivity contribution >= 4 is 56.6 Å². The van der Waals surface area contributed by atoms with E-state index in [1.54, 1.807) is 42.0 Å². The van der Waals surface area contributed by atoms with Gasteiger partial charge in [0.05, 0.1) is 11.4 Å². The number of thiazole rings is 2. The van der Waals surface area contributed by atoms with E-state index in [2.05, 4.69) is 20.6 Å². The van der Waals surface area contributed by atoms with Gasteiger partial charge in [-0.3, -0.25) is 29.8 Å². The monoisotopic (exact) mass is 500 g/mol. The van der Waals surface area contributed by atoms with Crippen molar-refractivity contribution in [2.75, 3.05) is 38.8 Å². The van der Waals surface area contributed by atoms with Crippen LogP contribution in [0.5, 0.6) is 0 Å². The third-order valence-electron chi connectivity index (χ3n) is 4.64. The van der Waals surface area contributed by atoms with Gasteiger partial charge in [0.2, 0.25) is 0 Å². The fraction of sp³-hybridized carbons (Fsp3) is 0.273. The van der Waals surface area contributed by atoms with Gasteiger partial charge in [0.15, 0.2) is 10.3 Å². The number of hydrogen-bond acceptors (Lipinski definition) is 8. The van der Waals surface area contributed by atoms with Crippen molar-refractivity contribution in [2.45, 2.75) is 13.8 Å². The van der Waals surface area contributed by atoms with Crippen LogP contribution in [0.3, 0.4) is 0 Å². The maximum absolute atomic E-state index is 12.6. The van der Waals surface area contributed by atoms with E-state index in [1.807, 2.05) is 0 Å². The van der Waals surface area contributed by atoms with Gasteiger partial charge in [0, 0.05) is 39.3 Å². The topological polar surface area (TPSA) is 125 Å².